The molecule has 3 amide bonds. The van der Waals surface area contributed by atoms with E-state index in [0.29, 0.717) is 0 Å². The molecule has 2 bridgehead atoms. The number of nitrogens with zero attached hydrogens (tertiary/aromatic N) is 1. The number of fused-ring (bicyclic) bond motifs is 5. The van der Waals surface area contributed by atoms with Crippen LogP contribution in [0.25, 0.3) is 0 Å². The van der Waals surface area contributed by atoms with Crippen molar-refractivity contribution in [3.8, 4) is 0 Å². The molecule has 1 aromatic rings. The van der Waals surface area contributed by atoms with Crippen molar-refractivity contribution in [2.75, 3.05) is 6.54 Å². The van der Waals surface area contributed by atoms with Gasteiger partial charge in [0.15, 0.2) is 0 Å². The maximum atomic E-state index is 12.8. The Balaban J connectivity index is 1.42. The molecule has 2 fully saturated rings. The van der Waals surface area contributed by atoms with E-state index in [4.69, 9.17) is 0 Å². The maximum Gasteiger partial charge on any atom is 0.240 e. The Hall–Kier alpha value is -2.43. The highest BCUT2D eigenvalue weighted by molar-refractivity contribution is 6.08. The molecule has 1 saturated carbocycles. The largest absolute Gasteiger partial charge is 0.347 e. The van der Waals surface area contributed by atoms with Gasteiger partial charge >= 0.3 is 0 Å². The Labute approximate surface area is 172 Å². The summed E-state index contributed by atoms with van der Waals surface area (Å²) < 4.78 is 0. The minimum Gasteiger partial charge on any atom is -0.347 e. The van der Waals surface area contributed by atoms with Crippen LogP contribution in [0.4, 0.5) is 0 Å². The molecule has 1 aliphatic heterocycles. The molecular formula is C24H30N2O3. The Kier molecular flexibility index (Phi) is 5.32. The number of hydrogen-bond acceptors (Lipinski definition) is 3. The number of allylic oxidation sites excluding steroid dienone is 2. The van der Waals surface area contributed by atoms with Crippen LogP contribution in [0.1, 0.15) is 50.8 Å². The zero-order valence-electron chi connectivity index (χ0n) is 17.4. The predicted molar refractivity (Wildman–Crippen MR) is 111 cm³/mol. The summed E-state index contributed by atoms with van der Waals surface area (Å²) in [5, 5.41) is 3.06. The standard InChI is InChI=1S/C24H30N2O3/c1-4-5-15-6-8-16(9-7-15)22(14(2)3)25-19(27)13-26-23(28)20-17-10-11-18(12-17)21(20)24(26)29/h6-11,14,17-18,20-22H,4-5,12-13H2,1-3H3,(H,25,27). The first-order valence-electron chi connectivity index (χ1n) is 10.8. The number of amides is 3. The quantitative estimate of drug-likeness (QED) is 0.570. The lowest BCUT2D eigenvalue weighted by Crippen LogP contribution is -2.43. The van der Waals surface area contributed by atoms with Gasteiger partial charge in [-0.25, -0.2) is 0 Å². The molecule has 0 aromatic heterocycles. The molecule has 0 spiro atoms. The highest BCUT2D eigenvalue weighted by Crippen LogP contribution is 2.52. The van der Waals surface area contributed by atoms with Crippen LogP contribution in [0.5, 0.6) is 0 Å². The number of carbonyl (C=O) groups is 3. The van der Waals surface area contributed by atoms with Crippen LogP contribution in [0.2, 0.25) is 0 Å². The molecule has 4 rings (SSSR count). The molecule has 0 radical (unpaired) electrons. The summed E-state index contributed by atoms with van der Waals surface area (Å²) in [6.45, 7) is 6.10. The van der Waals surface area contributed by atoms with Gasteiger partial charge in [-0.15, -0.1) is 0 Å². The maximum absolute atomic E-state index is 12.8. The molecule has 1 heterocycles. The van der Waals surface area contributed by atoms with Crippen molar-refractivity contribution in [2.24, 2.45) is 29.6 Å². The third kappa shape index (κ3) is 3.52. The van der Waals surface area contributed by atoms with Gasteiger partial charge in [0.2, 0.25) is 17.7 Å². The highest BCUT2D eigenvalue weighted by Gasteiger charge is 2.59. The van der Waals surface area contributed by atoms with Crippen LogP contribution < -0.4 is 5.32 Å². The van der Waals surface area contributed by atoms with Crippen molar-refractivity contribution in [2.45, 2.75) is 46.1 Å². The fraction of sp³-hybridized carbons (Fsp3) is 0.542. The van der Waals surface area contributed by atoms with Crippen molar-refractivity contribution in [1.29, 1.82) is 0 Å². The fourth-order valence-electron chi connectivity index (χ4n) is 5.30. The van der Waals surface area contributed by atoms with Crippen molar-refractivity contribution >= 4 is 17.7 Å². The lowest BCUT2D eigenvalue weighted by atomic mass is 9.85. The number of benzene rings is 1. The van der Waals surface area contributed by atoms with Crippen molar-refractivity contribution in [1.82, 2.24) is 10.2 Å². The SMILES string of the molecule is CCCc1ccc(C(NC(=O)CN2C(=O)C3C4C=CC(C4)C3C2=O)C(C)C)cc1. The molecule has 5 heteroatoms. The van der Waals surface area contributed by atoms with E-state index in [1.165, 1.54) is 10.5 Å². The lowest BCUT2D eigenvalue weighted by molar-refractivity contribution is -0.144. The van der Waals surface area contributed by atoms with Crippen LogP contribution in [-0.2, 0) is 20.8 Å². The van der Waals surface area contributed by atoms with Crippen LogP contribution in [-0.4, -0.2) is 29.2 Å². The summed E-state index contributed by atoms with van der Waals surface area (Å²) in [6.07, 6.45) is 7.17. The minimum atomic E-state index is -0.275. The van der Waals surface area contributed by atoms with Crippen LogP contribution >= 0.6 is 0 Å². The van der Waals surface area contributed by atoms with E-state index in [1.54, 1.807) is 0 Å². The molecule has 154 valence electrons. The number of nitrogens with one attached hydrogen (secondary N) is 1. The molecule has 5 unspecified atom stereocenters. The van der Waals surface area contributed by atoms with Gasteiger partial charge in [0, 0.05) is 0 Å². The summed E-state index contributed by atoms with van der Waals surface area (Å²) in [5.41, 5.74) is 2.33. The second kappa shape index (κ2) is 7.77. The van der Waals surface area contributed by atoms with Crippen LogP contribution in [0, 0.1) is 29.6 Å². The Morgan fingerprint density at radius 1 is 1.07 bits per heavy atom. The van der Waals surface area contributed by atoms with Gasteiger partial charge in [0.25, 0.3) is 0 Å². The van der Waals surface area contributed by atoms with E-state index in [9.17, 15) is 14.4 Å². The van der Waals surface area contributed by atoms with Gasteiger partial charge in [-0.05, 0) is 41.7 Å². The molecule has 29 heavy (non-hydrogen) atoms. The van der Waals surface area contributed by atoms with Gasteiger partial charge in [-0.1, -0.05) is 63.6 Å². The number of carbonyl (C=O) groups excluding carboxylic acids is 3. The average molecular weight is 395 g/mol. The molecule has 2 aliphatic carbocycles. The summed E-state index contributed by atoms with van der Waals surface area (Å²) >= 11 is 0. The number of aryl methyl sites for hydroxylation is 1. The van der Waals surface area contributed by atoms with Gasteiger partial charge in [0.1, 0.15) is 6.54 Å². The van der Waals surface area contributed by atoms with Crippen LogP contribution in [0.3, 0.4) is 0 Å². The fourth-order valence-corrected chi connectivity index (χ4v) is 5.30. The number of hydrogen-bond donors (Lipinski definition) is 1. The average Bonchev–Trinajstić information content (AvgIpc) is 3.37. The molecule has 5 nitrogen and oxygen atoms in total. The van der Waals surface area contributed by atoms with Crippen molar-refractivity contribution < 1.29 is 14.4 Å². The van der Waals surface area contributed by atoms with E-state index in [-0.39, 0.29) is 59.9 Å². The van der Waals surface area contributed by atoms with Gasteiger partial charge < -0.3 is 5.32 Å². The molecule has 5 atom stereocenters. The number of rotatable bonds is 7. The van der Waals surface area contributed by atoms with E-state index in [1.807, 2.05) is 0 Å². The predicted octanol–water partition coefficient (Wildman–Crippen LogP) is 3.26. The molecule has 1 saturated heterocycles. The third-order valence-corrected chi connectivity index (χ3v) is 6.72. The molecular weight excluding hydrogens is 364 g/mol. The Morgan fingerprint density at radius 3 is 2.17 bits per heavy atom. The zero-order chi connectivity index (χ0) is 20.7. The van der Waals surface area contributed by atoms with E-state index >= 15 is 0 Å². The normalized spacial score (nSPS) is 28.3. The minimum absolute atomic E-state index is 0.150. The molecule has 1 N–H and O–H groups in total. The smallest absolute Gasteiger partial charge is 0.240 e. The topological polar surface area (TPSA) is 66.5 Å². The summed E-state index contributed by atoms with van der Waals surface area (Å²) in [6, 6.07) is 8.20. The molecule has 3 aliphatic rings. The van der Waals surface area contributed by atoms with E-state index < -0.39 is 0 Å². The second-order valence-corrected chi connectivity index (χ2v) is 9.04. The monoisotopic (exact) mass is 394 g/mol. The second-order valence-electron chi connectivity index (χ2n) is 9.04. The van der Waals surface area contributed by atoms with Crippen molar-refractivity contribution in [3.63, 3.8) is 0 Å². The first-order chi connectivity index (χ1) is 13.9. The zero-order valence-corrected chi connectivity index (χ0v) is 17.4. The van der Waals surface area contributed by atoms with Gasteiger partial charge in [0.05, 0.1) is 17.9 Å². The third-order valence-electron chi connectivity index (χ3n) is 6.72. The Morgan fingerprint density at radius 2 is 1.66 bits per heavy atom. The summed E-state index contributed by atoms with van der Waals surface area (Å²) in [7, 11) is 0. The first-order valence-corrected chi connectivity index (χ1v) is 10.8. The number of imide groups is 1. The van der Waals surface area contributed by atoms with Crippen molar-refractivity contribution in [3.05, 3.63) is 47.5 Å². The summed E-state index contributed by atoms with van der Waals surface area (Å²) in [4.78, 5) is 39.6. The number of likely N-dealkylation sites (tertiary alicyclic amines) is 1. The van der Waals surface area contributed by atoms with E-state index in [0.717, 1.165) is 24.8 Å². The Bertz CT molecular complexity index is 812. The lowest BCUT2D eigenvalue weighted by Gasteiger charge is -2.25. The highest BCUT2D eigenvalue weighted by atomic mass is 16.2. The first kappa shape index (κ1) is 19.9. The summed E-state index contributed by atoms with van der Waals surface area (Å²) in [5.74, 6) is -0.591. The molecule has 1 aromatic carbocycles. The van der Waals surface area contributed by atoms with Gasteiger partial charge in [-0.3, -0.25) is 19.3 Å². The van der Waals surface area contributed by atoms with Gasteiger partial charge in [-0.2, -0.15) is 0 Å². The van der Waals surface area contributed by atoms with Crippen LogP contribution in [0.15, 0.2) is 36.4 Å². The van der Waals surface area contributed by atoms with E-state index in [2.05, 4.69) is 62.5 Å².